The summed E-state index contributed by atoms with van der Waals surface area (Å²) < 4.78 is 4.65. The van der Waals surface area contributed by atoms with Crippen LogP contribution >= 0.6 is 11.3 Å². The van der Waals surface area contributed by atoms with Crippen molar-refractivity contribution in [3.63, 3.8) is 0 Å². The Balaban J connectivity index is 1.67. The van der Waals surface area contributed by atoms with Crippen molar-refractivity contribution in [2.24, 2.45) is 0 Å². The minimum absolute atomic E-state index is 0.156. The Hall–Kier alpha value is -2.67. The maximum absolute atomic E-state index is 12.4. The summed E-state index contributed by atoms with van der Waals surface area (Å²) in [7, 11) is 1.32. The van der Waals surface area contributed by atoms with Crippen molar-refractivity contribution < 1.29 is 19.1 Å². The second kappa shape index (κ2) is 7.48. The van der Waals surface area contributed by atoms with E-state index in [2.05, 4.69) is 10.1 Å². The van der Waals surface area contributed by atoms with Gasteiger partial charge in [-0.3, -0.25) is 9.59 Å². The van der Waals surface area contributed by atoms with Gasteiger partial charge in [-0.2, -0.15) is 0 Å². The van der Waals surface area contributed by atoms with E-state index in [1.54, 1.807) is 35.2 Å². The molecule has 1 aliphatic rings. The number of benzene rings is 1. The number of hydrogen-bond donors (Lipinski definition) is 1. The first kappa shape index (κ1) is 17.2. The van der Waals surface area contributed by atoms with Crippen LogP contribution in [0.15, 0.2) is 36.4 Å². The maximum atomic E-state index is 12.4. The van der Waals surface area contributed by atoms with Crippen LogP contribution in [0.25, 0.3) is 0 Å². The number of carbonyl (C=O) groups is 3. The maximum Gasteiger partial charge on any atom is 0.348 e. The Bertz CT molecular complexity index is 815. The van der Waals surface area contributed by atoms with Gasteiger partial charge in [0.15, 0.2) is 0 Å². The molecule has 1 saturated heterocycles. The van der Waals surface area contributed by atoms with E-state index in [1.165, 1.54) is 7.11 Å². The molecule has 1 N–H and O–H groups in total. The molecule has 2 heterocycles. The van der Waals surface area contributed by atoms with Crippen molar-refractivity contribution in [2.75, 3.05) is 19.0 Å². The van der Waals surface area contributed by atoms with Gasteiger partial charge in [0.1, 0.15) is 4.88 Å². The number of amides is 2. The first-order valence-corrected chi connectivity index (χ1v) is 8.74. The van der Waals surface area contributed by atoms with Crippen molar-refractivity contribution >= 4 is 34.1 Å². The Kier molecular flexibility index (Phi) is 5.14. The minimum atomic E-state index is -0.428. The predicted octanol–water partition coefficient (Wildman–Crippen LogP) is 2.91. The molecule has 1 aliphatic heterocycles. The zero-order valence-electron chi connectivity index (χ0n) is 13.8. The summed E-state index contributed by atoms with van der Waals surface area (Å²) in [6, 6.07) is 10.5. The lowest BCUT2D eigenvalue weighted by Crippen LogP contribution is -2.24. The van der Waals surface area contributed by atoms with Crippen LogP contribution in [-0.2, 0) is 16.1 Å². The molecule has 130 valence electrons. The fourth-order valence-electron chi connectivity index (χ4n) is 2.70. The third kappa shape index (κ3) is 4.06. The average Bonchev–Trinajstić information content (AvgIpc) is 3.24. The normalized spacial score (nSPS) is 13.8. The van der Waals surface area contributed by atoms with Crippen LogP contribution in [0.5, 0.6) is 0 Å². The third-order valence-electron chi connectivity index (χ3n) is 3.96. The molecule has 1 fully saturated rings. The number of carbonyl (C=O) groups excluding carboxylic acids is 3. The van der Waals surface area contributed by atoms with Gasteiger partial charge >= 0.3 is 5.97 Å². The van der Waals surface area contributed by atoms with Crippen molar-refractivity contribution in [1.29, 1.82) is 0 Å². The molecule has 0 spiro atoms. The second-order valence-electron chi connectivity index (χ2n) is 5.73. The van der Waals surface area contributed by atoms with Crippen molar-refractivity contribution in [1.82, 2.24) is 4.90 Å². The molecule has 0 atom stereocenters. The van der Waals surface area contributed by atoms with E-state index < -0.39 is 5.97 Å². The highest BCUT2D eigenvalue weighted by Gasteiger charge is 2.20. The van der Waals surface area contributed by atoms with Crippen LogP contribution in [0.3, 0.4) is 0 Å². The van der Waals surface area contributed by atoms with E-state index in [9.17, 15) is 14.4 Å². The number of methoxy groups -OCH3 is 1. The molecule has 1 aromatic carbocycles. The van der Waals surface area contributed by atoms with Gasteiger partial charge in [0.05, 0.1) is 12.1 Å². The quantitative estimate of drug-likeness (QED) is 0.834. The van der Waals surface area contributed by atoms with Crippen molar-refractivity contribution in [3.8, 4) is 0 Å². The van der Waals surface area contributed by atoms with Gasteiger partial charge in [-0.1, -0.05) is 12.1 Å². The molecule has 0 aliphatic carbocycles. The summed E-state index contributed by atoms with van der Waals surface area (Å²) >= 11 is 1.16. The SMILES string of the molecule is COC(=O)c1ccc(NC(=O)c2cccc(CN3CCCC3=O)c2)s1. The molecule has 0 radical (unpaired) electrons. The number of anilines is 1. The Morgan fingerprint density at radius 3 is 2.84 bits per heavy atom. The van der Waals surface area contributed by atoms with E-state index in [1.807, 2.05) is 6.07 Å². The van der Waals surface area contributed by atoms with Crippen molar-refractivity contribution in [2.45, 2.75) is 19.4 Å². The molecule has 0 unspecified atom stereocenters. The third-order valence-corrected chi connectivity index (χ3v) is 4.94. The molecule has 0 bridgehead atoms. The van der Waals surface area contributed by atoms with Crippen LogP contribution in [0.4, 0.5) is 5.00 Å². The summed E-state index contributed by atoms with van der Waals surface area (Å²) in [5.74, 6) is -0.528. The van der Waals surface area contributed by atoms with Gasteiger partial charge in [-0.05, 0) is 36.2 Å². The fourth-order valence-corrected chi connectivity index (χ4v) is 3.52. The van der Waals surface area contributed by atoms with Gasteiger partial charge in [0, 0.05) is 25.1 Å². The van der Waals surface area contributed by atoms with Crippen LogP contribution in [0.2, 0.25) is 0 Å². The number of nitrogens with one attached hydrogen (secondary N) is 1. The van der Waals surface area contributed by atoms with E-state index in [-0.39, 0.29) is 11.8 Å². The van der Waals surface area contributed by atoms with Gasteiger partial charge in [-0.25, -0.2) is 4.79 Å². The smallest absolute Gasteiger partial charge is 0.348 e. The largest absolute Gasteiger partial charge is 0.465 e. The Morgan fingerprint density at radius 2 is 2.12 bits per heavy atom. The number of thiophene rings is 1. The lowest BCUT2D eigenvalue weighted by molar-refractivity contribution is -0.128. The standard InChI is InChI=1S/C18H18N2O4S/c1-24-18(23)14-7-8-15(25-14)19-17(22)13-5-2-4-12(10-13)11-20-9-3-6-16(20)21/h2,4-5,7-8,10H,3,6,9,11H2,1H3,(H,19,22). The second-order valence-corrected chi connectivity index (χ2v) is 6.81. The summed E-state index contributed by atoms with van der Waals surface area (Å²) in [6.45, 7) is 1.28. The highest BCUT2D eigenvalue weighted by molar-refractivity contribution is 7.18. The molecule has 2 amide bonds. The molecular formula is C18H18N2O4S. The number of likely N-dealkylation sites (tertiary alicyclic amines) is 1. The van der Waals surface area contributed by atoms with E-state index in [0.717, 1.165) is 29.9 Å². The number of hydrogen-bond acceptors (Lipinski definition) is 5. The Morgan fingerprint density at radius 1 is 1.28 bits per heavy atom. The first-order valence-electron chi connectivity index (χ1n) is 7.93. The molecule has 2 aromatic rings. The van der Waals surface area contributed by atoms with Gasteiger partial charge in [-0.15, -0.1) is 11.3 Å². The number of rotatable bonds is 5. The number of nitrogens with zero attached hydrogens (tertiary/aromatic N) is 1. The first-order chi connectivity index (χ1) is 12.1. The zero-order chi connectivity index (χ0) is 17.8. The topological polar surface area (TPSA) is 75.7 Å². The minimum Gasteiger partial charge on any atom is -0.465 e. The van der Waals surface area contributed by atoms with Gasteiger partial charge in [0.2, 0.25) is 5.91 Å². The summed E-state index contributed by atoms with van der Waals surface area (Å²) in [5.41, 5.74) is 1.43. The molecule has 7 heteroatoms. The average molecular weight is 358 g/mol. The van der Waals surface area contributed by atoms with Crippen LogP contribution in [-0.4, -0.2) is 36.3 Å². The summed E-state index contributed by atoms with van der Waals surface area (Å²) in [4.78, 5) is 37.8. The van der Waals surface area contributed by atoms with Crippen LogP contribution < -0.4 is 5.32 Å². The molecular weight excluding hydrogens is 340 g/mol. The molecule has 3 rings (SSSR count). The zero-order valence-corrected chi connectivity index (χ0v) is 14.6. The highest BCUT2D eigenvalue weighted by atomic mass is 32.1. The van der Waals surface area contributed by atoms with Crippen molar-refractivity contribution in [3.05, 3.63) is 52.4 Å². The predicted molar refractivity (Wildman–Crippen MR) is 94.7 cm³/mol. The monoisotopic (exact) mass is 358 g/mol. The molecule has 1 aromatic heterocycles. The van der Waals surface area contributed by atoms with Crippen LogP contribution in [0.1, 0.15) is 38.4 Å². The summed E-state index contributed by atoms with van der Waals surface area (Å²) in [6.07, 6.45) is 1.49. The van der Waals surface area contributed by atoms with E-state index in [4.69, 9.17) is 0 Å². The van der Waals surface area contributed by atoms with E-state index >= 15 is 0 Å². The van der Waals surface area contributed by atoms with Gasteiger partial charge < -0.3 is 15.0 Å². The summed E-state index contributed by atoms with van der Waals surface area (Å²) in [5, 5.41) is 3.35. The van der Waals surface area contributed by atoms with E-state index in [0.29, 0.717) is 28.4 Å². The number of ether oxygens (including phenoxy) is 1. The lowest BCUT2D eigenvalue weighted by Gasteiger charge is -2.15. The molecule has 25 heavy (non-hydrogen) atoms. The molecule has 6 nitrogen and oxygen atoms in total. The fraction of sp³-hybridized carbons (Fsp3) is 0.278. The van der Waals surface area contributed by atoms with Crippen LogP contribution in [0, 0.1) is 0 Å². The molecule has 0 saturated carbocycles. The number of esters is 1. The highest BCUT2D eigenvalue weighted by Crippen LogP contribution is 2.23. The lowest BCUT2D eigenvalue weighted by atomic mass is 10.1. The van der Waals surface area contributed by atoms with Gasteiger partial charge in [0.25, 0.3) is 5.91 Å². The Labute approximate surface area is 149 Å².